The molecule has 4 nitrogen and oxygen atoms in total. The molecule has 0 N–H and O–H groups in total. The molecule has 1 aliphatic heterocycles. The second-order valence-corrected chi connectivity index (χ2v) is 8.03. The Morgan fingerprint density at radius 1 is 1.28 bits per heavy atom. The summed E-state index contributed by atoms with van der Waals surface area (Å²) in [5.74, 6) is 0.410. The molecule has 2 aromatic heterocycles. The van der Waals surface area contributed by atoms with E-state index in [1.165, 1.54) is 16.5 Å². The number of benzene rings is 1. The Balaban J connectivity index is 1.57. The summed E-state index contributed by atoms with van der Waals surface area (Å²) in [6.07, 6.45) is 5.80. The van der Waals surface area contributed by atoms with Gasteiger partial charge in [-0.1, -0.05) is 12.1 Å². The van der Waals surface area contributed by atoms with Gasteiger partial charge in [-0.3, -0.25) is 4.79 Å². The van der Waals surface area contributed by atoms with Gasteiger partial charge in [-0.15, -0.1) is 23.1 Å². The molecule has 1 aliphatic rings. The van der Waals surface area contributed by atoms with Gasteiger partial charge in [-0.2, -0.15) is 0 Å². The second kappa shape index (κ2) is 7.14. The largest absolute Gasteiger partial charge is 0.338 e. The molecular formula is C19H19N3OS2. The highest BCUT2D eigenvalue weighted by molar-refractivity contribution is 7.98. The average Bonchev–Trinajstić information content (AvgIpc) is 3.12. The Kier molecular flexibility index (Phi) is 4.72. The number of aromatic nitrogens is 2. The van der Waals surface area contributed by atoms with Crippen LogP contribution in [0.5, 0.6) is 0 Å². The summed E-state index contributed by atoms with van der Waals surface area (Å²) < 4.78 is 1.22. The van der Waals surface area contributed by atoms with Crippen LogP contribution in [-0.2, 0) is 0 Å². The summed E-state index contributed by atoms with van der Waals surface area (Å²) in [6.45, 7) is 1.55. The van der Waals surface area contributed by atoms with Gasteiger partial charge in [-0.05, 0) is 43.4 Å². The number of para-hydroxylation sites is 1. The van der Waals surface area contributed by atoms with Crippen LogP contribution in [0, 0.1) is 0 Å². The van der Waals surface area contributed by atoms with E-state index < -0.39 is 0 Å². The van der Waals surface area contributed by atoms with Gasteiger partial charge in [0.25, 0.3) is 5.91 Å². The zero-order chi connectivity index (χ0) is 17.2. The van der Waals surface area contributed by atoms with Gasteiger partial charge in [-0.25, -0.2) is 9.97 Å². The fourth-order valence-electron chi connectivity index (χ4n) is 3.31. The predicted molar refractivity (Wildman–Crippen MR) is 104 cm³/mol. The van der Waals surface area contributed by atoms with E-state index in [9.17, 15) is 4.79 Å². The highest BCUT2D eigenvalue weighted by atomic mass is 32.2. The number of carbonyl (C=O) groups is 1. The quantitative estimate of drug-likeness (QED) is 0.641. The summed E-state index contributed by atoms with van der Waals surface area (Å²) in [5, 5.41) is 1.95. The van der Waals surface area contributed by atoms with Crippen LogP contribution >= 0.6 is 23.1 Å². The van der Waals surface area contributed by atoms with Crippen LogP contribution in [0.3, 0.4) is 0 Å². The van der Waals surface area contributed by atoms with Gasteiger partial charge >= 0.3 is 0 Å². The van der Waals surface area contributed by atoms with E-state index in [4.69, 9.17) is 4.98 Å². The number of piperidine rings is 1. The molecule has 4 rings (SSSR count). The topological polar surface area (TPSA) is 46.1 Å². The zero-order valence-corrected chi connectivity index (χ0v) is 15.6. The molecule has 0 radical (unpaired) electrons. The number of pyridine rings is 1. The maximum Gasteiger partial charge on any atom is 0.256 e. The smallest absolute Gasteiger partial charge is 0.256 e. The van der Waals surface area contributed by atoms with Crippen LogP contribution in [0.1, 0.15) is 34.1 Å². The standard InChI is InChI=1S/C19H19N3OS2/c1-24-18-14(7-4-10-20-18)19(23)22-11-5-6-13(12-22)17-21-15-8-2-3-9-16(15)25-17/h2-4,7-10,13H,5-6,11-12H2,1H3/t13-/m0/s1. The predicted octanol–water partition coefficient (Wildman–Crippen LogP) is 4.43. The number of amides is 1. The van der Waals surface area contributed by atoms with Crippen molar-refractivity contribution in [1.29, 1.82) is 0 Å². The summed E-state index contributed by atoms with van der Waals surface area (Å²) in [5.41, 5.74) is 1.77. The summed E-state index contributed by atoms with van der Waals surface area (Å²) in [4.78, 5) is 24.1. The van der Waals surface area contributed by atoms with Crippen molar-refractivity contribution in [3.05, 3.63) is 53.2 Å². The normalized spacial score (nSPS) is 17.8. The molecule has 1 saturated heterocycles. The van der Waals surface area contributed by atoms with Crippen LogP contribution < -0.4 is 0 Å². The number of carbonyl (C=O) groups excluding carboxylic acids is 1. The molecule has 1 fully saturated rings. The maximum absolute atomic E-state index is 13.0. The first-order valence-corrected chi connectivity index (χ1v) is 10.4. The van der Waals surface area contributed by atoms with Crippen molar-refractivity contribution in [3.8, 4) is 0 Å². The number of nitrogens with zero attached hydrogens (tertiary/aromatic N) is 3. The Bertz CT molecular complexity index is 875. The van der Waals surface area contributed by atoms with E-state index >= 15 is 0 Å². The van der Waals surface area contributed by atoms with Crippen molar-refractivity contribution in [2.75, 3.05) is 19.3 Å². The average molecular weight is 370 g/mol. The van der Waals surface area contributed by atoms with Crippen LogP contribution in [0.25, 0.3) is 10.2 Å². The Hall–Kier alpha value is -1.92. The number of hydrogen-bond donors (Lipinski definition) is 0. The van der Waals surface area contributed by atoms with Crippen LogP contribution in [0.4, 0.5) is 0 Å². The van der Waals surface area contributed by atoms with Crippen molar-refractivity contribution in [3.63, 3.8) is 0 Å². The highest BCUT2D eigenvalue weighted by Crippen LogP contribution is 2.33. The number of hydrogen-bond acceptors (Lipinski definition) is 5. The lowest BCUT2D eigenvalue weighted by molar-refractivity contribution is 0.0702. The van der Waals surface area contributed by atoms with Gasteiger partial charge in [0.2, 0.25) is 0 Å². The van der Waals surface area contributed by atoms with Gasteiger partial charge in [0, 0.05) is 25.2 Å². The van der Waals surface area contributed by atoms with Crippen LogP contribution in [0.2, 0.25) is 0 Å². The monoisotopic (exact) mass is 369 g/mol. The lowest BCUT2D eigenvalue weighted by Crippen LogP contribution is -2.39. The second-order valence-electron chi connectivity index (χ2n) is 6.17. The Morgan fingerprint density at radius 2 is 2.16 bits per heavy atom. The SMILES string of the molecule is CSc1ncccc1C(=O)N1CCC[C@H](c2nc3ccccc3s2)C1. The molecule has 6 heteroatoms. The fraction of sp³-hybridized carbons (Fsp3) is 0.316. The molecular weight excluding hydrogens is 350 g/mol. The summed E-state index contributed by atoms with van der Waals surface area (Å²) in [6, 6.07) is 12.0. The van der Waals surface area contributed by atoms with E-state index in [0.717, 1.165) is 41.5 Å². The van der Waals surface area contributed by atoms with E-state index in [1.807, 2.05) is 35.4 Å². The molecule has 3 heterocycles. The summed E-state index contributed by atoms with van der Waals surface area (Å²) in [7, 11) is 0. The molecule has 0 unspecified atom stereocenters. The van der Waals surface area contributed by atoms with E-state index in [2.05, 4.69) is 17.1 Å². The number of rotatable bonds is 3. The first-order chi connectivity index (χ1) is 12.3. The number of thioether (sulfide) groups is 1. The van der Waals surface area contributed by atoms with Gasteiger partial charge < -0.3 is 4.90 Å². The minimum absolute atomic E-state index is 0.0864. The van der Waals surface area contributed by atoms with E-state index in [1.54, 1.807) is 17.5 Å². The molecule has 1 atom stereocenters. The molecule has 25 heavy (non-hydrogen) atoms. The molecule has 1 aromatic carbocycles. The first-order valence-electron chi connectivity index (χ1n) is 8.40. The molecule has 3 aromatic rings. The Morgan fingerprint density at radius 3 is 3.00 bits per heavy atom. The Labute approximate surface area is 155 Å². The fourth-order valence-corrected chi connectivity index (χ4v) is 4.95. The van der Waals surface area contributed by atoms with Crippen molar-refractivity contribution >= 4 is 39.2 Å². The van der Waals surface area contributed by atoms with Crippen molar-refractivity contribution < 1.29 is 4.79 Å². The zero-order valence-electron chi connectivity index (χ0n) is 14.0. The number of thiazole rings is 1. The van der Waals surface area contributed by atoms with Crippen molar-refractivity contribution in [2.24, 2.45) is 0 Å². The molecule has 0 aliphatic carbocycles. The maximum atomic E-state index is 13.0. The molecule has 0 bridgehead atoms. The van der Waals surface area contributed by atoms with Crippen LogP contribution in [0.15, 0.2) is 47.6 Å². The van der Waals surface area contributed by atoms with Gasteiger partial charge in [0.1, 0.15) is 5.03 Å². The van der Waals surface area contributed by atoms with E-state index in [0.29, 0.717) is 11.5 Å². The van der Waals surface area contributed by atoms with Crippen molar-refractivity contribution in [1.82, 2.24) is 14.9 Å². The van der Waals surface area contributed by atoms with Gasteiger partial charge in [0.15, 0.2) is 0 Å². The minimum atomic E-state index is 0.0864. The number of fused-ring (bicyclic) bond motifs is 1. The van der Waals surface area contributed by atoms with E-state index in [-0.39, 0.29) is 5.91 Å². The lowest BCUT2D eigenvalue weighted by Gasteiger charge is -2.32. The molecule has 0 saturated carbocycles. The molecule has 0 spiro atoms. The third-order valence-corrected chi connectivity index (χ3v) is 6.47. The highest BCUT2D eigenvalue weighted by Gasteiger charge is 2.28. The van der Waals surface area contributed by atoms with Crippen LogP contribution in [-0.4, -0.2) is 40.1 Å². The minimum Gasteiger partial charge on any atom is -0.338 e. The van der Waals surface area contributed by atoms with Crippen molar-refractivity contribution in [2.45, 2.75) is 23.8 Å². The third kappa shape index (κ3) is 3.28. The summed E-state index contributed by atoms with van der Waals surface area (Å²) >= 11 is 3.27. The molecule has 1 amide bonds. The molecule has 128 valence electrons. The lowest BCUT2D eigenvalue weighted by atomic mass is 9.98. The number of likely N-dealkylation sites (tertiary alicyclic amines) is 1. The first kappa shape index (κ1) is 16.5. The van der Waals surface area contributed by atoms with Gasteiger partial charge in [0.05, 0.1) is 20.8 Å². The third-order valence-electron chi connectivity index (χ3n) is 4.56.